The van der Waals surface area contributed by atoms with E-state index in [1.165, 1.54) is 0 Å². The molecule has 0 radical (unpaired) electrons. The molecule has 0 spiro atoms. The molecule has 0 fully saturated rings. The van der Waals surface area contributed by atoms with Crippen LogP contribution in [0.3, 0.4) is 0 Å². The third-order valence-corrected chi connectivity index (χ3v) is 5.35. The van der Waals surface area contributed by atoms with Crippen molar-refractivity contribution in [3.63, 3.8) is 0 Å². The number of hydrogen-bond donors (Lipinski definition) is 0. The van der Waals surface area contributed by atoms with Crippen molar-refractivity contribution in [1.82, 2.24) is 19.3 Å². The second-order valence-electron chi connectivity index (χ2n) is 6.71. The smallest absolute Gasteiger partial charge is 0.266 e. The van der Waals surface area contributed by atoms with Gasteiger partial charge in [0, 0.05) is 24.6 Å². The quantitative estimate of drug-likeness (QED) is 0.399. The van der Waals surface area contributed by atoms with Crippen molar-refractivity contribution in [3.8, 4) is 5.69 Å². The molecule has 0 saturated carbocycles. The topological polar surface area (TPSA) is 52.7 Å². The molecule has 27 heavy (non-hydrogen) atoms. The van der Waals surface area contributed by atoms with Crippen molar-refractivity contribution in [2.45, 2.75) is 24.8 Å². The van der Waals surface area contributed by atoms with Crippen LogP contribution in [0.1, 0.15) is 16.7 Å². The molecule has 0 saturated heterocycles. The molecule has 0 aliphatic heterocycles. The molecule has 0 atom stereocenters. The number of para-hydroxylation sites is 1. The summed E-state index contributed by atoms with van der Waals surface area (Å²) in [7, 11) is 1.90. The SMILES string of the molecule is Cc1cc(C)cc(-n2c(SCc3cnn(C)c3)nc3ccccc3c2=O)c1. The van der Waals surface area contributed by atoms with E-state index in [4.69, 9.17) is 4.98 Å². The summed E-state index contributed by atoms with van der Waals surface area (Å²) in [5.74, 6) is 0.698. The Morgan fingerprint density at radius 1 is 1.07 bits per heavy atom. The van der Waals surface area contributed by atoms with Crippen LogP contribution >= 0.6 is 11.8 Å². The lowest BCUT2D eigenvalue weighted by Crippen LogP contribution is -2.22. The molecule has 136 valence electrons. The highest BCUT2D eigenvalue weighted by atomic mass is 32.2. The zero-order valence-electron chi connectivity index (χ0n) is 15.5. The van der Waals surface area contributed by atoms with Crippen LogP contribution in [0.4, 0.5) is 0 Å². The zero-order chi connectivity index (χ0) is 19.0. The van der Waals surface area contributed by atoms with E-state index in [-0.39, 0.29) is 5.56 Å². The van der Waals surface area contributed by atoms with E-state index in [1.54, 1.807) is 21.0 Å². The molecule has 0 amide bonds. The summed E-state index contributed by atoms with van der Waals surface area (Å²) < 4.78 is 3.50. The predicted octanol–water partition coefficient (Wildman–Crippen LogP) is 4.03. The fourth-order valence-electron chi connectivity index (χ4n) is 3.21. The standard InChI is InChI=1S/C21H20N4OS/c1-14-8-15(2)10-17(9-14)25-20(26)18-6-4-5-7-19(18)23-21(25)27-13-16-11-22-24(3)12-16/h4-12H,13H2,1-3H3. The Balaban J connectivity index is 1.88. The lowest BCUT2D eigenvalue weighted by Gasteiger charge is -2.14. The van der Waals surface area contributed by atoms with E-state index in [0.717, 1.165) is 27.9 Å². The first-order chi connectivity index (χ1) is 13.0. The number of fused-ring (bicyclic) bond motifs is 1. The molecule has 0 unspecified atom stereocenters. The van der Waals surface area contributed by atoms with Crippen molar-refractivity contribution in [2.75, 3.05) is 0 Å². The minimum atomic E-state index is -0.0423. The lowest BCUT2D eigenvalue weighted by molar-refractivity contribution is 0.767. The molecule has 4 rings (SSSR count). The molecule has 0 N–H and O–H groups in total. The van der Waals surface area contributed by atoms with Crippen LogP contribution in [0.5, 0.6) is 0 Å². The maximum Gasteiger partial charge on any atom is 0.266 e. The van der Waals surface area contributed by atoms with Gasteiger partial charge in [-0.1, -0.05) is 30.0 Å². The Kier molecular flexibility index (Phi) is 4.58. The van der Waals surface area contributed by atoms with E-state index in [9.17, 15) is 4.79 Å². The van der Waals surface area contributed by atoms with Crippen LogP contribution in [0.25, 0.3) is 16.6 Å². The van der Waals surface area contributed by atoms with Gasteiger partial charge in [0.1, 0.15) is 0 Å². The first-order valence-corrected chi connectivity index (χ1v) is 9.70. The average molecular weight is 376 g/mol. The van der Waals surface area contributed by atoms with Crippen LogP contribution in [0.15, 0.2) is 64.8 Å². The molecular weight excluding hydrogens is 356 g/mol. The summed E-state index contributed by atoms with van der Waals surface area (Å²) in [5.41, 5.74) is 4.86. The first-order valence-electron chi connectivity index (χ1n) is 8.72. The van der Waals surface area contributed by atoms with Gasteiger partial charge in [0.25, 0.3) is 5.56 Å². The van der Waals surface area contributed by atoms with Gasteiger partial charge >= 0.3 is 0 Å². The maximum absolute atomic E-state index is 13.3. The van der Waals surface area contributed by atoms with Gasteiger partial charge < -0.3 is 0 Å². The van der Waals surface area contributed by atoms with Gasteiger partial charge in [-0.25, -0.2) is 4.98 Å². The Labute approximate surface area is 161 Å². The Bertz CT molecular complexity index is 1170. The van der Waals surface area contributed by atoms with Crippen LogP contribution < -0.4 is 5.56 Å². The molecule has 0 aliphatic carbocycles. The second-order valence-corrected chi connectivity index (χ2v) is 7.65. The van der Waals surface area contributed by atoms with Gasteiger partial charge in [-0.15, -0.1) is 0 Å². The largest absolute Gasteiger partial charge is 0.276 e. The molecule has 2 aromatic heterocycles. The van der Waals surface area contributed by atoms with Crippen molar-refractivity contribution in [2.24, 2.45) is 7.05 Å². The van der Waals surface area contributed by atoms with Gasteiger partial charge in [-0.2, -0.15) is 5.10 Å². The van der Waals surface area contributed by atoms with E-state index < -0.39 is 0 Å². The van der Waals surface area contributed by atoms with Crippen LogP contribution in [-0.4, -0.2) is 19.3 Å². The molecule has 2 heterocycles. The number of nitrogens with zero attached hydrogens (tertiary/aromatic N) is 4. The Hall–Kier alpha value is -2.86. The van der Waals surface area contributed by atoms with E-state index >= 15 is 0 Å². The summed E-state index contributed by atoms with van der Waals surface area (Å²) >= 11 is 1.55. The molecule has 2 aromatic carbocycles. The highest BCUT2D eigenvalue weighted by molar-refractivity contribution is 7.98. The summed E-state index contributed by atoms with van der Waals surface area (Å²) in [6.07, 6.45) is 3.82. The van der Waals surface area contributed by atoms with Crippen molar-refractivity contribution in [1.29, 1.82) is 0 Å². The van der Waals surface area contributed by atoms with Gasteiger partial charge in [-0.3, -0.25) is 14.0 Å². The third-order valence-electron chi connectivity index (χ3n) is 4.34. The second kappa shape index (κ2) is 7.04. The number of benzene rings is 2. The van der Waals surface area contributed by atoms with Gasteiger partial charge in [0.15, 0.2) is 5.16 Å². The van der Waals surface area contributed by atoms with Crippen molar-refractivity contribution in [3.05, 3.63) is 81.9 Å². The van der Waals surface area contributed by atoms with E-state index in [1.807, 2.05) is 69.7 Å². The van der Waals surface area contributed by atoms with Crippen LogP contribution in [0.2, 0.25) is 0 Å². The minimum Gasteiger partial charge on any atom is -0.276 e. The van der Waals surface area contributed by atoms with Crippen molar-refractivity contribution >= 4 is 22.7 Å². The summed E-state index contributed by atoms with van der Waals surface area (Å²) in [6, 6.07) is 13.7. The van der Waals surface area contributed by atoms with Gasteiger partial charge in [0.2, 0.25) is 0 Å². The van der Waals surface area contributed by atoms with Gasteiger partial charge in [0.05, 0.1) is 22.8 Å². The monoisotopic (exact) mass is 376 g/mol. The first kappa shape index (κ1) is 17.5. The fraction of sp³-hybridized carbons (Fsp3) is 0.190. The molecule has 4 aromatic rings. The average Bonchev–Trinajstić information content (AvgIpc) is 3.04. The number of aryl methyl sites for hydroxylation is 3. The van der Waals surface area contributed by atoms with E-state index in [0.29, 0.717) is 16.3 Å². The molecule has 5 nitrogen and oxygen atoms in total. The number of rotatable bonds is 4. The van der Waals surface area contributed by atoms with E-state index in [2.05, 4.69) is 11.2 Å². The fourth-order valence-corrected chi connectivity index (χ4v) is 4.14. The third kappa shape index (κ3) is 3.53. The minimum absolute atomic E-state index is 0.0423. The molecular formula is C21H20N4OS. The predicted molar refractivity (Wildman–Crippen MR) is 110 cm³/mol. The number of hydrogen-bond acceptors (Lipinski definition) is 4. The van der Waals surface area contributed by atoms with Gasteiger partial charge in [-0.05, 0) is 49.2 Å². The summed E-state index contributed by atoms with van der Waals surface area (Å²) in [4.78, 5) is 18.1. The number of thioether (sulfide) groups is 1. The zero-order valence-corrected chi connectivity index (χ0v) is 16.3. The number of aromatic nitrogens is 4. The lowest BCUT2D eigenvalue weighted by atomic mass is 10.1. The highest BCUT2D eigenvalue weighted by Gasteiger charge is 2.14. The molecule has 0 aliphatic rings. The highest BCUT2D eigenvalue weighted by Crippen LogP contribution is 2.25. The van der Waals surface area contributed by atoms with Crippen LogP contribution in [-0.2, 0) is 12.8 Å². The summed E-state index contributed by atoms with van der Waals surface area (Å²) in [5, 5.41) is 5.53. The maximum atomic E-state index is 13.3. The Morgan fingerprint density at radius 2 is 1.81 bits per heavy atom. The Morgan fingerprint density at radius 3 is 2.52 bits per heavy atom. The van der Waals surface area contributed by atoms with Crippen LogP contribution in [0, 0.1) is 13.8 Å². The molecule has 0 bridgehead atoms. The van der Waals surface area contributed by atoms with Crippen molar-refractivity contribution < 1.29 is 0 Å². The molecule has 6 heteroatoms. The summed E-state index contributed by atoms with van der Waals surface area (Å²) in [6.45, 7) is 4.08. The normalized spacial score (nSPS) is 11.2.